The van der Waals surface area contributed by atoms with Gasteiger partial charge in [-0.2, -0.15) is 0 Å². The van der Waals surface area contributed by atoms with Gasteiger partial charge >= 0.3 is 0 Å². The first-order valence-electron chi connectivity index (χ1n) is 8.16. The smallest absolute Gasteiger partial charge is 0.250 e. The zero-order chi connectivity index (χ0) is 14.9. The van der Waals surface area contributed by atoms with Crippen LogP contribution in [0.4, 0.5) is 4.39 Å². The number of pyridine rings is 1. The van der Waals surface area contributed by atoms with Crippen molar-refractivity contribution < 1.29 is 4.39 Å². The number of aryl methyl sites for hydroxylation is 1. The number of unbranched alkanes of at least 4 members (excludes halogenated alkanes) is 1. The van der Waals surface area contributed by atoms with Crippen molar-refractivity contribution in [2.24, 2.45) is 5.41 Å². The molecule has 21 heavy (non-hydrogen) atoms. The van der Waals surface area contributed by atoms with E-state index in [-0.39, 0.29) is 5.56 Å². The summed E-state index contributed by atoms with van der Waals surface area (Å²) in [6.45, 7) is 5.73. The molecule has 4 heteroatoms. The summed E-state index contributed by atoms with van der Waals surface area (Å²) in [7, 11) is 0. The van der Waals surface area contributed by atoms with Crippen LogP contribution in [0.25, 0.3) is 0 Å². The number of alkyl halides is 1. The summed E-state index contributed by atoms with van der Waals surface area (Å²) in [6, 6.07) is 1.49. The molecule has 0 atom stereocenters. The zero-order valence-electron chi connectivity index (χ0n) is 12.9. The number of nitrogens with zero attached hydrogens (tertiary/aromatic N) is 2. The van der Waals surface area contributed by atoms with Crippen LogP contribution in [0.2, 0.25) is 0 Å². The molecule has 1 spiro atoms. The Balaban J connectivity index is 1.65. The van der Waals surface area contributed by atoms with Crippen molar-refractivity contribution in [3.05, 3.63) is 33.7 Å². The van der Waals surface area contributed by atoms with E-state index in [1.54, 1.807) is 4.57 Å². The lowest BCUT2D eigenvalue weighted by Crippen LogP contribution is -2.49. The summed E-state index contributed by atoms with van der Waals surface area (Å²) in [5.74, 6) is 0. The van der Waals surface area contributed by atoms with Crippen LogP contribution in [0.3, 0.4) is 0 Å². The summed E-state index contributed by atoms with van der Waals surface area (Å²) in [5, 5.41) is 0. The normalized spacial score (nSPS) is 19.7. The average Bonchev–Trinajstić information content (AvgIpc) is 3.23. The average molecular weight is 292 g/mol. The molecule has 1 aromatic heterocycles. The Morgan fingerprint density at radius 3 is 2.62 bits per heavy atom. The van der Waals surface area contributed by atoms with Gasteiger partial charge in [-0.05, 0) is 42.2 Å². The molecule has 2 aliphatic rings. The molecular weight excluding hydrogens is 267 g/mol. The summed E-state index contributed by atoms with van der Waals surface area (Å²) >= 11 is 0. The number of halogens is 1. The molecule has 1 aromatic rings. The van der Waals surface area contributed by atoms with Crippen molar-refractivity contribution in [1.82, 2.24) is 9.47 Å². The van der Waals surface area contributed by atoms with Crippen LogP contribution in [0.1, 0.15) is 43.7 Å². The van der Waals surface area contributed by atoms with Crippen molar-refractivity contribution in [3.63, 3.8) is 0 Å². The van der Waals surface area contributed by atoms with Gasteiger partial charge in [-0.1, -0.05) is 13.3 Å². The largest absolute Gasteiger partial charge is 0.315 e. The fraction of sp³-hybridized carbons (Fsp3) is 0.706. The molecule has 0 unspecified atom stereocenters. The summed E-state index contributed by atoms with van der Waals surface area (Å²) in [6.07, 6.45) is 7.56. The summed E-state index contributed by atoms with van der Waals surface area (Å²) in [4.78, 5) is 14.4. The topological polar surface area (TPSA) is 25.2 Å². The zero-order valence-corrected chi connectivity index (χ0v) is 12.9. The van der Waals surface area contributed by atoms with Crippen molar-refractivity contribution >= 4 is 0 Å². The van der Waals surface area contributed by atoms with Crippen molar-refractivity contribution in [2.45, 2.75) is 52.2 Å². The Labute approximate surface area is 125 Å². The molecule has 1 saturated carbocycles. The van der Waals surface area contributed by atoms with E-state index in [0.29, 0.717) is 11.0 Å². The number of rotatable bonds is 7. The second kappa shape index (κ2) is 5.91. The molecule has 2 fully saturated rings. The van der Waals surface area contributed by atoms with E-state index >= 15 is 0 Å². The fourth-order valence-electron chi connectivity index (χ4n) is 3.34. The molecule has 1 aliphatic heterocycles. The first kappa shape index (κ1) is 14.8. The van der Waals surface area contributed by atoms with Crippen molar-refractivity contribution in [1.29, 1.82) is 0 Å². The van der Waals surface area contributed by atoms with Gasteiger partial charge in [-0.25, -0.2) is 4.39 Å². The van der Waals surface area contributed by atoms with Crippen LogP contribution >= 0.6 is 0 Å². The Morgan fingerprint density at radius 1 is 1.24 bits per heavy atom. The highest BCUT2D eigenvalue weighted by atomic mass is 19.1. The highest BCUT2D eigenvalue weighted by molar-refractivity contribution is 5.24. The Hall–Kier alpha value is -1.16. The maximum atomic E-state index is 13.1. The van der Waals surface area contributed by atoms with E-state index in [9.17, 15) is 9.18 Å². The van der Waals surface area contributed by atoms with E-state index < -0.39 is 6.67 Å². The van der Waals surface area contributed by atoms with Crippen LogP contribution in [-0.4, -0.2) is 29.1 Å². The molecule has 3 rings (SSSR count). The first-order chi connectivity index (χ1) is 10.2. The maximum absolute atomic E-state index is 13.1. The molecule has 0 radical (unpaired) electrons. The van der Waals surface area contributed by atoms with Gasteiger partial charge in [0.1, 0.15) is 6.67 Å². The lowest BCUT2D eigenvalue weighted by molar-refractivity contribution is 0.0832. The predicted molar refractivity (Wildman–Crippen MR) is 82.2 cm³/mol. The standard InChI is InChI=1S/C17H25FN2O/c1-2-3-7-20-11-14(15(10-18)9-16(20)21)4-8-19-12-17(13-19)5-6-17/h9,11H,2-8,10,12-13H2,1H3. The quantitative estimate of drug-likeness (QED) is 0.772. The van der Waals surface area contributed by atoms with Crippen molar-refractivity contribution in [3.8, 4) is 0 Å². The van der Waals surface area contributed by atoms with Gasteiger partial charge in [-0.3, -0.25) is 4.79 Å². The molecule has 0 aromatic carbocycles. The van der Waals surface area contributed by atoms with Crippen LogP contribution < -0.4 is 5.56 Å². The second-order valence-electron chi connectivity index (χ2n) is 6.80. The van der Waals surface area contributed by atoms with Crippen LogP contribution in [0.5, 0.6) is 0 Å². The van der Waals surface area contributed by atoms with Gasteiger partial charge < -0.3 is 9.47 Å². The highest BCUT2D eigenvalue weighted by Gasteiger charge is 2.51. The molecule has 1 saturated heterocycles. The highest BCUT2D eigenvalue weighted by Crippen LogP contribution is 2.52. The summed E-state index contributed by atoms with van der Waals surface area (Å²) in [5.41, 5.74) is 2.18. The van der Waals surface area contributed by atoms with Crippen LogP contribution in [0.15, 0.2) is 17.1 Å². The van der Waals surface area contributed by atoms with Gasteiger partial charge in [0.2, 0.25) is 0 Å². The first-order valence-corrected chi connectivity index (χ1v) is 8.16. The van der Waals surface area contributed by atoms with Gasteiger partial charge in [0, 0.05) is 38.4 Å². The van der Waals surface area contributed by atoms with E-state index in [0.717, 1.165) is 37.9 Å². The lowest BCUT2D eigenvalue weighted by atomic mass is 9.96. The number of aromatic nitrogens is 1. The van der Waals surface area contributed by atoms with E-state index in [2.05, 4.69) is 11.8 Å². The third kappa shape index (κ3) is 3.20. The predicted octanol–water partition coefficient (Wildman–Crippen LogP) is 2.76. The number of hydrogen-bond acceptors (Lipinski definition) is 2. The molecule has 3 nitrogen and oxygen atoms in total. The van der Waals surface area contributed by atoms with E-state index in [1.807, 2.05) is 6.20 Å². The molecule has 116 valence electrons. The van der Waals surface area contributed by atoms with Gasteiger partial charge in [0.25, 0.3) is 5.56 Å². The number of hydrogen-bond donors (Lipinski definition) is 0. The van der Waals surface area contributed by atoms with Crippen LogP contribution in [-0.2, 0) is 19.6 Å². The Kier molecular flexibility index (Phi) is 4.16. The molecule has 1 aliphatic carbocycles. The van der Waals surface area contributed by atoms with Crippen LogP contribution in [0, 0.1) is 5.41 Å². The molecule has 0 N–H and O–H groups in total. The van der Waals surface area contributed by atoms with Gasteiger partial charge in [-0.15, -0.1) is 0 Å². The number of likely N-dealkylation sites (tertiary alicyclic amines) is 1. The lowest BCUT2D eigenvalue weighted by Gasteiger charge is -2.40. The van der Waals surface area contributed by atoms with E-state index in [4.69, 9.17) is 0 Å². The maximum Gasteiger partial charge on any atom is 0.250 e. The Morgan fingerprint density at radius 2 is 2.00 bits per heavy atom. The summed E-state index contributed by atoms with van der Waals surface area (Å²) < 4.78 is 14.9. The third-order valence-electron chi connectivity index (χ3n) is 4.97. The van der Waals surface area contributed by atoms with Crippen molar-refractivity contribution in [2.75, 3.05) is 19.6 Å². The van der Waals surface area contributed by atoms with E-state index in [1.165, 1.54) is 32.0 Å². The minimum Gasteiger partial charge on any atom is -0.315 e. The minimum absolute atomic E-state index is 0.0688. The van der Waals surface area contributed by atoms with Gasteiger partial charge in [0.05, 0.1) is 0 Å². The second-order valence-corrected chi connectivity index (χ2v) is 6.80. The molecule has 0 bridgehead atoms. The fourth-order valence-corrected chi connectivity index (χ4v) is 3.34. The molecule has 2 heterocycles. The molecular formula is C17H25FN2O. The minimum atomic E-state index is -0.539. The Bertz CT molecular complexity index is 554. The third-order valence-corrected chi connectivity index (χ3v) is 4.97. The van der Waals surface area contributed by atoms with Gasteiger partial charge in [0.15, 0.2) is 0 Å². The monoisotopic (exact) mass is 292 g/mol. The molecule has 0 amide bonds. The SMILES string of the molecule is CCCCn1cc(CCN2CC3(CC3)C2)c(CF)cc1=O.